The maximum atomic E-state index is 12.4. The molecule has 130 valence electrons. The van der Waals surface area contributed by atoms with Gasteiger partial charge in [-0.05, 0) is 61.8 Å². The van der Waals surface area contributed by atoms with Gasteiger partial charge in [-0.3, -0.25) is 4.79 Å². The molecule has 25 heavy (non-hydrogen) atoms. The second-order valence-electron chi connectivity index (χ2n) is 7.35. The SMILES string of the molecule is CC(C)n1nnc(-c2ccc(C(=O)NC[C@H]3C[C@H]4C=C[C@H]3C4)cc2)n1. The minimum absolute atomic E-state index is 0.0166. The van der Waals surface area contributed by atoms with Crippen LogP contribution in [0.2, 0.25) is 0 Å². The predicted octanol–water partition coefficient (Wildman–Crippen LogP) is 2.86. The van der Waals surface area contributed by atoms with Crippen molar-refractivity contribution in [3.63, 3.8) is 0 Å². The summed E-state index contributed by atoms with van der Waals surface area (Å²) in [6, 6.07) is 7.56. The third-order valence-corrected chi connectivity index (χ3v) is 5.24. The highest BCUT2D eigenvalue weighted by Gasteiger charge is 2.35. The Morgan fingerprint density at radius 3 is 2.64 bits per heavy atom. The van der Waals surface area contributed by atoms with Crippen LogP contribution in [0.4, 0.5) is 0 Å². The van der Waals surface area contributed by atoms with Gasteiger partial charge in [-0.15, -0.1) is 10.2 Å². The van der Waals surface area contributed by atoms with Crippen molar-refractivity contribution in [3.8, 4) is 11.4 Å². The van der Waals surface area contributed by atoms with Crippen LogP contribution in [0.25, 0.3) is 11.4 Å². The van der Waals surface area contributed by atoms with E-state index >= 15 is 0 Å². The summed E-state index contributed by atoms with van der Waals surface area (Å²) in [5, 5.41) is 15.5. The highest BCUT2D eigenvalue weighted by Crippen LogP contribution is 2.42. The normalized spacial score (nSPS) is 24.2. The van der Waals surface area contributed by atoms with E-state index < -0.39 is 0 Å². The summed E-state index contributed by atoms with van der Waals surface area (Å²) in [7, 11) is 0. The van der Waals surface area contributed by atoms with Gasteiger partial charge in [0.2, 0.25) is 5.82 Å². The lowest BCUT2D eigenvalue weighted by atomic mass is 9.93. The van der Waals surface area contributed by atoms with Crippen LogP contribution in [0.3, 0.4) is 0 Å². The van der Waals surface area contributed by atoms with Gasteiger partial charge in [0.1, 0.15) is 0 Å². The highest BCUT2D eigenvalue weighted by atomic mass is 16.1. The van der Waals surface area contributed by atoms with E-state index in [9.17, 15) is 4.79 Å². The van der Waals surface area contributed by atoms with Crippen LogP contribution in [0, 0.1) is 17.8 Å². The van der Waals surface area contributed by atoms with Crippen LogP contribution >= 0.6 is 0 Å². The molecule has 4 rings (SSSR count). The van der Waals surface area contributed by atoms with Crippen LogP contribution in [-0.2, 0) is 0 Å². The van der Waals surface area contributed by atoms with E-state index in [0.29, 0.717) is 23.2 Å². The van der Waals surface area contributed by atoms with Gasteiger partial charge in [-0.1, -0.05) is 24.3 Å². The minimum Gasteiger partial charge on any atom is -0.352 e. The Balaban J connectivity index is 1.37. The number of carbonyl (C=O) groups is 1. The predicted molar refractivity (Wildman–Crippen MR) is 94.8 cm³/mol. The minimum atomic E-state index is -0.0166. The lowest BCUT2D eigenvalue weighted by Crippen LogP contribution is -2.30. The molecule has 2 aliphatic carbocycles. The number of rotatable bonds is 5. The van der Waals surface area contributed by atoms with Gasteiger partial charge in [0.15, 0.2) is 0 Å². The molecule has 0 spiro atoms. The van der Waals surface area contributed by atoms with Crippen LogP contribution in [0.15, 0.2) is 36.4 Å². The van der Waals surface area contributed by atoms with E-state index in [4.69, 9.17) is 0 Å². The Bertz CT molecular complexity index is 792. The second kappa shape index (κ2) is 6.43. The first-order chi connectivity index (χ1) is 12.1. The molecule has 2 bridgehead atoms. The fourth-order valence-electron chi connectivity index (χ4n) is 3.79. The van der Waals surface area contributed by atoms with Gasteiger partial charge in [0.25, 0.3) is 5.91 Å². The molecular formula is C19H23N5O. The molecular weight excluding hydrogens is 314 g/mol. The zero-order valence-corrected chi connectivity index (χ0v) is 14.6. The zero-order valence-electron chi connectivity index (χ0n) is 14.6. The Labute approximate surface area is 147 Å². The average Bonchev–Trinajstić information content (AvgIpc) is 3.35. The summed E-state index contributed by atoms with van der Waals surface area (Å²) in [4.78, 5) is 14.0. The molecule has 0 saturated heterocycles. The van der Waals surface area contributed by atoms with Crippen LogP contribution in [0.1, 0.15) is 43.1 Å². The number of nitrogens with zero attached hydrogens (tertiary/aromatic N) is 4. The summed E-state index contributed by atoms with van der Waals surface area (Å²) in [5.74, 6) is 2.54. The molecule has 1 saturated carbocycles. The van der Waals surface area contributed by atoms with Gasteiger partial charge in [0.05, 0.1) is 6.04 Å². The largest absolute Gasteiger partial charge is 0.352 e. The molecule has 0 aliphatic heterocycles. The van der Waals surface area contributed by atoms with E-state index in [0.717, 1.165) is 18.0 Å². The smallest absolute Gasteiger partial charge is 0.251 e. The van der Waals surface area contributed by atoms with Gasteiger partial charge in [-0.25, -0.2) is 0 Å². The van der Waals surface area contributed by atoms with Crippen molar-refractivity contribution in [1.29, 1.82) is 0 Å². The maximum Gasteiger partial charge on any atom is 0.251 e. The second-order valence-corrected chi connectivity index (χ2v) is 7.35. The summed E-state index contributed by atoms with van der Waals surface area (Å²) in [5.41, 5.74) is 1.53. The highest BCUT2D eigenvalue weighted by molar-refractivity contribution is 5.94. The fraction of sp³-hybridized carbons (Fsp3) is 0.474. The fourth-order valence-corrected chi connectivity index (χ4v) is 3.79. The number of nitrogens with one attached hydrogen (secondary N) is 1. The number of fused-ring (bicyclic) bond motifs is 2. The molecule has 6 nitrogen and oxygen atoms in total. The molecule has 1 aromatic carbocycles. The van der Waals surface area contributed by atoms with Gasteiger partial charge in [-0.2, -0.15) is 4.80 Å². The maximum absolute atomic E-state index is 12.4. The molecule has 1 aromatic heterocycles. The molecule has 3 atom stereocenters. The Kier molecular flexibility index (Phi) is 4.11. The number of aromatic nitrogens is 4. The van der Waals surface area contributed by atoms with Crippen molar-refractivity contribution >= 4 is 5.91 Å². The standard InChI is InChI=1S/C19H23N5O/c1-12(2)24-22-18(21-23-24)14-5-7-15(8-6-14)19(25)20-11-17-10-13-3-4-16(17)9-13/h3-8,12-13,16-17H,9-11H2,1-2H3,(H,20,25)/t13-,16-,17+/m0/s1. The molecule has 2 aromatic rings. The topological polar surface area (TPSA) is 72.7 Å². The van der Waals surface area contributed by atoms with E-state index in [1.165, 1.54) is 12.8 Å². The van der Waals surface area contributed by atoms with Gasteiger partial charge in [0, 0.05) is 17.7 Å². The molecule has 1 fully saturated rings. The summed E-state index contributed by atoms with van der Waals surface area (Å²) in [6.07, 6.45) is 7.11. The summed E-state index contributed by atoms with van der Waals surface area (Å²) < 4.78 is 0. The van der Waals surface area contributed by atoms with Crippen LogP contribution < -0.4 is 5.32 Å². The number of benzene rings is 1. The van der Waals surface area contributed by atoms with Crippen molar-refractivity contribution in [1.82, 2.24) is 25.5 Å². The first-order valence-corrected chi connectivity index (χ1v) is 8.96. The molecule has 0 radical (unpaired) electrons. The molecule has 2 aliphatic rings. The quantitative estimate of drug-likeness (QED) is 0.852. The Morgan fingerprint density at radius 2 is 2.04 bits per heavy atom. The molecule has 1 heterocycles. The Hall–Kier alpha value is -2.50. The van der Waals surface area contributed by atoms with Crippen molar-refractivity contribution in [3.05, 3.63) is 42.0 Å². The van der Waals surface area contributed by atoms with Crippen molar-refractivity contribution in [2.45, 2.75) is 32.7 Å². The summed E-state index contributed by atoms with van der Waals surface area (Å²) >= 11 is 0. The number of amides is 1. The van der Waals surface area contributed by atoms with Crippen molar-refractivity contribution < 1.29 is 4.79 Å². The van der Waals surface area contributed by atoms with E-state index in [2.05, 4.69) is 32.9 Å². The molecule has 0 unspecified atom stereocenters. The number of carbonyl (C=O) groups excluding carboxylic acids is 1. The third kappa shape index (κ3) is 3.21. The van der Waals surface area contributed by atoms with E-state index in [-0.39, 0.29) is 11.9 Å². The molecule has 6 heteroatoms. The lowest BCUT2D eigenvalue weighted by Gasteiger charge is -2.18. The van der Waals surface area contributed by atoms with Crippen LogP contribution in [-0.4, -0.2) is 32.7 Å². The molecule has 1 amide bonds. The van der Waals surface area contributed by atoms with Gasteiger partial charge < -0.3 is 5.32 Å². The number of hydrogen-bond acceptors (Lipinski definition) is 4. The van der Waals surface area contributed by atoms with E-state index in [1.807, 2.05) is 38.1 Å². The number of allylic oxidation sites excluding steroid dienone is 2. The number of hydrogen-bond donors (Lipinski definition) is 1. The first kappa shape index (κ1) is 16.0. The monoisotopic (exact) mass is 337 g/mol. The average molecular weight is 337 g/mol. The van der Waals surface area contributed by atoms with Crippen molar-refractivity contribution in [2.24, 2.45) is 17.8 Å². The van der Waals surface area contributed by atoms with Crippen LogP contribution in [0.5, 0.6) is 0 Å². The first-order valence-electron chi connectivity index (χ1n) is 8.96. The Morgan fingerprint density at radius 1 is 1.24 bits per heavy atom. The zero-order chi connectivity index (χ0) is 17.4. The lowest BCUT2D eigenvalue weighted by molar-refractivity contribution is 0.0945. The van der Waals surface area contributed by atoms with E-state index in [1.54, 1.807) is 4.80 Å². The van der Waals surface area contributed by atoms with Crippen molar-refractivity contribution in [2.75, 3.05) is 6.54 Å². The number of tetrazole rings is 1. The summed E-state index contributed by atoms with van der Waals surface area (Å²) in [6.45, 7) is 4.77. The van der Waals surface area contributed by atoms with Gasteiger partial charge >= 0.3 is 0 Å². The third-order valence-electron chi connectivity index (χ3n) is 5.24. The molecule has 1 N–H and O–H groups in total.